The van der Waals surface area contributed by atoms with Gasteiger partial charge in [-0.05, 0) is 24.6 Å². The van der Waals surface area contributed by atoms with Gasteiger partial charge in [-0.25, -0.2) is 0 Å². The fourth-order valence-corrected chi connectivity index (χ4v) is 4.10. The summed E-state index contributed by atoms with van der Waals surface area (Å²) in [7, 11) is 3.81. The van der Waals surface area contributed by atoms with E-state index in [1.165, 1.54) is 5.69 Å². The van der Waals surface area contributed by atoms with Gasteiger partial charge in [0, 0.05) is 57.8 Å². The SMILES string of the molecule is C=O.CNc1cc(N2CC3(CNC3)C2)ccc1N(C)C1CCC(=O)NC1=O.[B][Se]. The number of nitrogens with one attached hydrogen (secondary N) is 3. The van der Waals surface area contributed by atoms with Gasteiger partial charge in [0.15, 0.2) is 0 Å². The number of piperidine rings is 1. The molecule has 3 radical (unpaired) electrons. The third kappa shape index (κ3) is 4.76. The van der Waals surface area contributed by atoms with Gasteiger partial charge in [0.05, 0.1) is 11.4 Å². The zero-order chi connectivity index (χ0) is 21.6. The van der Waals surface area contributed by atoms with Crippen molar-refractivity contribution in [2.45, 2.75) is 18.9 Å². The van der Waals surface area contributed by atoms with Gasteiger partial charge in [-0.15, -0.1) is 0 Å². The number of likely N-dealkylation sites (N-methyl/N-ethyl adjacent to an activating group) is 1. The fraction of sp³-hybridized carbons (Fsp3) is 0.526. The molecule has 0 aliphatic carbocycles. The number of hydrogen-bond acceptors (Lipinski definition) is 7. The van der Waals surface area contributed by atoms with Crippen molar-refractivity contribution in [3.05, 3.63) is 18.2 Å². The van der Waals surface area contributed by atoms with Crippen LogP contribution in [-0.2, 0) is 14.4 Å². The predicted octanol–water partition coefficient (Wildman–Crippen LogP) is -0.567. The van der Waals surface area contributed by atoms with Crippen LogP contribution in [-0.4, -0.2) is 87.4 Å². The van der Waals surface area contributed by atoms with E-state index in [2.05, 4.69) is 61.5 Å². The molecule has 3 N–H and O–H groups in total. The third-order valence-electron chi connectivity index (χ3n) is 5.72. The number of carbonyl (C=O) groups is 3. The van der Waals surface area contributed by atoms with Gasteiger partial charge in [-0.1, -0.05) is 0 Å². The molecule has 1 aromatic rings. The summed E-state index contributed by atoms with van der Waals surface area (Å²) in [6.07, 6.45) is 0.936. The van der Waals surface area contributed by atoms with Crippen LogP contribution in [0.1, 0.15) is 12.8 Å². The molecule has 1 aromatic carbocycles. The average molecular weight is 463 g/mol. The van der Waals surface area contributed by atoms with Gasteiger partial charge in [0.25, 0.3) is 0 Å². The van der Waals surface area contributed by atoms with Gasteiger partial charge in [0.2, 0.25) is 11.8 Å². The number of benzene rings is 1. The minimum absolute atomic E-state index is 0.184. The molecule has 10 heteroatoms. The minimum atomic E-state index is -0.316. The molecule has 155 valence electrons. The number of anilines is 3. The molecule has 3 heterocycles. The number of rotatable bonds is 4. The second-order valence-electron chi connectivity index (χ2n) is 7.49. The van der Waals surface area contributed by atoms with E-state index in [1.54, 1.807) is 0 Å². The molecule has 29 heavy (non-hydrogen) atoms. The number of imide groups is 1. The molecule has 3 fully saturated rings. The first-order chi connectivity index (χ1) is 14.0. The zero-order valence-corrected chi connectivity index (χ0v) is 18.6. The summed E-state index contributed by atoms with van der Waals surface area (Å²) in [4.78, 5) is 35.9. The maximum atomic E-state index is 12.2. The molecule has 1 spiro atoms. The van der Waals surface area contributed by atoms with Crippen molar-refractivity contribution in [2.75, 3.05) is 55.4 Å². The molecule has 3 saturated heterocycles. The molecule has 4 rings (SSSR count). The monoisotopic (exact) mass is 464 g/mol. The Bertz CT molecular complexity index is 739. The Kier molecular flexibility index (Phi) is 8.13. The van der Waals surface area contributed by atoms with Crippen LogP contribution >= 0.6 is 0 Å². The van der Waals surface area contributed by atoms with Crippen molar-refractivity contribution in [3.8, 4) is 0 Å². The topological polar surface area (TPSA) is 93.8 Å². The quantitative estimate of drug-likeness (QED) is 0.407. The van der Waals surface area contributed by atoms with Gasteiger partial charge in [-0.3, -0.25) is 14.9 Å². The van der Waals surface area contributed by atoms with Crippen LogP contribution in [0.3, 0.4) is 0 Å². The normalized spacial score (nSPS) is 21.3. The van der Waals surface area contributed by atoms with Crippen LogP contribution < -0.4 is 25.8 Å². The molecule has 3 aliphatic heterocycles. The van der Waals surface area contributed by atoms with E-state index >= 15 is 0 Å². The van der Waals surface area contributed by atoms with E-state index < -0.39 is 0 Å². The third-order valence-corrected chi connectivity index (χ3v) is 5.72. The first-order valence-corrected chi connectivity index (χ1v) is 10.4. The van der Waals surface area contributed by atoms with Crippen molar-refractivity contribution in [2.24, 2.45) is 5.41 Å². The molecule has 1 atom stereocenters. The zero-order valence-electron chi connectivity index (χ0n) is 16.9. The summed E-state index contributed by atoms with van der Waals surface area (Å²) in [6, 6.07) is 6.02. The van der Waals surface area contributed by atoms with Gasteiger partial charge >= 0.3 is 22.5 Å². The van der Waals surface area contributed by atoms with E-state index in [4.69, 9.17) is 4.79 Å². The second kappa shape index (κ2) is 10.1. The Morgan fingerprint density at radius 2 is 1.93 bits per heavy atom. The number of carbonyl (C=O) groups excluding carboxylic acids is 3. The van der Waals surface area contributed by atoms with E-state index in [-0.39, 0.29) is 17.9 Å². The van der Waals surface area contributed by atoms with E-state index in [0.29, 0.717) is 18.3 Å². The summed E-state index contributed by atoms with van der Waals surface area (Å²) < 4.78 is 0. The first-order valence-electron chi connectivity index (χ1n) is 9.38. The van der Waals surface area contributed by atoms with Gasteiger partial charge in [-0.2, -0.15) is 0 Å². The van der Waals surface area contributed by atoms with Crippen molar-refractivity contribution < 1.29 is 14.4 Å². The second-order valence-corrected chi connectivity index (χ2v) is 7.49. The van der Waals surface area contributed by atoms with Crippen LogP contribution in [0.25, 0.3) is 0 Å². The van der Waals surface area contributed by atoms with Crippen molar-refractivity contribution in [1.82, 2.24) is 10.6 Å². The maximum absolute atomic E-state index is 12.2. The number of nitrogens with zero attached hydrogens (tertiary/aromatic N) is 2. The Morgan fingerprint density at radius 1 is 1.28 bits per heavy atom. The Labute approximate surface area is 181 Å². The van der Waals surface area contributed by atoms with Crippen LogP contribution in [0.4, 0.5) is 17.1 Å². The molecule has 8 nitrogen and oxygen atoms in total. The van der Waals surface area contributed by atoms with Crippen LogP contribution in [0.2, 0.25) is 0 Å². The van der Waals surface area contributed by atoms with E-state index in [0.717, 1.165) is 37.6 Å². The summed E-state index contributed by atoms with van der Waals surface area (Å²) in [5.41, 5.74) is 3.67. The van der Waals surface area contributed by atoms with Gasteiger partial charge < -0.3 is 25.2 Å². The van der Waals surface area contributed by atoms with Crippen LogP contribution in [0, 0.1) is 5.41 Å². The summed E-state index contributed by atoms with van der Waals surface area (Å²) in [5, 5.41) is 9.04. The van der Waals surface area contributed by atoms with Gasteiger partial charge in [0.1, 0.15) is 12.8 Å². The molecule has 0 bridgehead atoms. The number of amides is 2. The first kappa shape index (κ1) is 23.3. The molecular formula is C19H27BN5O3Se. The average Bonchev–Trinajstić information content (AvgIpc) is 2.68. The summed E-state index contributed by atoms with van der Waals surface area (Å²) in [6.45, 7) is 10.8. The van der Waals surface area contributed by atoms with Crippen molar-refractivity contribution in [1.29, 1.82) is 0 Å². The van der Waals surface area contributed by atoms with Crippen LogP contribution in [0.5, 0.6) is 0 Å². The van der Waals surface area contributed by atoms with E-state index in [9.17, 15) is 9.59 Å². The molecule has 0 aromatic heterocycles. The molecule has 0 saturated carbocycles. The Balaban J connectivity index is 0.000000707. The molecule has 3 aliphatic rings. The molecule has 2 amide bonds. The van der Waals surface area contributed by atoms with Crippen LogP contribution in [0.15, 0.2) is 18.2 Å². The Hall–Kier alpha value is -2.03. The molecule has 1 unspecified atom stereocenters. The van der Waals surface area contributed by atoms with E-state index in [1.807, 2.05) is 25.8 Å². The molecular weight excluding hydrogens is 436 g/mol. The standard InChI is InChI=1S/C18H25N5O2.CH2O.BSe/c1-19-13-7-12(23-10-18(11-23)8-20-9-18)3-4-14(13)22(2)15-5-6-16(24)21-17(15)25;2*1-2/h3-4,7,15,19-20H,5-6,8-11H2,1-2H3,(H,21,24,25);1H2;. The fourth-order valence-electron chi connectivity index (χ4n) is 4.10. The van der Waals surface area contributed by atoms with Crippen molar-refractivity contribution in [3.63, 3.8) is 0 Å². The summed E-state index contributed by atoms with van der Waals surface area (Å²) in [5.74, 6) is -0.400. The van der Waals surface area contributed by atoms with Crippen molar-refractivity contribution >= 4 is 58.2 Å². The predicted molar refractivity (Wildman–Crippen MR) is 117 cm³/mol. The number of hydrogen-bond donors (Lipinski definition) is 3. The summed E-state index contributed by atoms with van der Waals surface area (Å²) >= 11 is 2.12. The Morgan fingerprint density at radius 3 is 2.45 bits per heavy atom.